The van der Waals surface area contributed by atoms with E-state index < -0.39 is 0 Å². The fourth-order valence-electron chi connectivity index (χ4n) is 1.77. The van der Waals surface area contributed by atoms with Gasteiger partial charge in [-0.15, -0.1) is 0 Å². The lowest BCUT2D eigenvalue weighted by molar-refractivity contribution is 0.625. The topological polar surface area (TPSA) is 70.9 Å². The Kier molecular flexibility index (Phi) is 3.38. The molecule has 1 heterocycles. The average molecular weight is 259 g/mol. The van der Waals surface area contributed by atoms with E-state index in [0.717, 1.165) is 5.56 Å². The van der Waals surface area contributed by atoms with Gasteiger partial charge < -0.3 is 10.6 Å². The first-order valence-corrected chi connectivity index (χ1v) is 5.71. The summed E-state index contributed by atoms with van der Waals surface area (Å²) in [5.41, 5.74) is 7.13. The standard InChI is InChI=1S/C13H14FN5/c1-18(2)13-11(7-15)12(16)19(17-13)8-9-3-5-10(14)6-4-9/h3-6H,8,16H2,1-2H3. The third kappa shape index (κ3) is 2.50. The second kappa shape index (κ2) is 4.98. The molecule has 0 aliphatic heterocycles. The van der Waals surface area contributed by atoms with Crippen molar-refractivity contribution in [1.82, 2.24) is 9.78 Å². The van der Waals surface area contributed by atoms with Gasteiger partial charge in [0.25, 0.3) is 0 Å². The zero-order valence-electron chi connectivity index (χ0n) is 10.8. The molecule has 0 fully saturated rings. The molecule has 6 heteroatoms. The van der Waals surface area contributed by atoms with Crippen LogP contribution in [0.5, 0.6) is 0 Å². The number of nitrogens with two attached hydrogens (primary N) is 1. The molecule has 98 valence electrons. The van der Waals surface area contributed by atoms with E-state index in [4.69, 9.17) is 11.0 Å². The number of aromatic nitrogens is 2. The molecule has 0 amide bonds. The molecule has 0 aliphatic carbocycles. The van der Waals surface area contributed by atoms with E-state index in [2.05, 4.69) is 11.2 Å². The molecule has 2 N–H and O–H groups in total. The maximum absolute atomic E-state index is 12.8. The third-order valence-electron chi connectivity index (χ3n) is 2.75. The number of rotatable bonds is 3. The highest BCUT2D eigenvalue weighted by Crippen LogP contribution is 2.23. The summed E-state index contributed by atoms with van der Waals surface area (Å²) in [6.45, 7) is 0.397. The molecule has 0 unspecified atom stereocenters. The number of benzene rings is 1. The van der Waals surface area contributed by atoms with Gasteiger partial charge in [-0.2, -0.15) is 10.4 Å². The lowest BCUT2D eigenvalue weighted by Gasteiger charge is -2.07. The van der Waals surface area contributed by atoms with Gasteiger partial charge in [-0.3, -0.25) is 0 Å². The molecular formula is C13H14FN5. The van der Waals surface area contributed by atoms with Gasteiger partial charge in [0.15, 0.2) is 5.82 Å². The van der Waals surface area contributed by atoms with Crippen LogP contribution >= 0.6 is 0 Å². The smallest absolute Gasteiger partial charge is 0.170 e. The lowest BCUT2D eigenvalue weighted by atomic mass is 10.2. The average Bonchev–Trinajstić information content (AvgIpc) is 2.69. The van der Waals surface area contributed by atoms with Crippen molar-refractivity contribution in [2.24, 2.45) is 0 Å². The summed E-state index contributed by atoms with van der Waals surface area (Å²) in [5.74, 6) is 0.557. The monoisotopic (exact) mass is 259 g/mol. The van der Waals surface area contributed by atoms with Gasteiger partial charge in [0.1, 0.15) is 23.3 Å². The number of nitrogen functional groups attached to an aromatic ring is 1. The van der Waals surface area contributed by atoms with Crippen molar-refractivity contribution in [1.29, 1.82) is 5.26 Å². The highest BCUT2D eigenvalue weighted by Gasteiger charge is 2.16. The number of nitriles is 1. The van der Waals surface area contributed by atoms with E-state index in [1.165, 1.54) is 12.1 Å². The van der Waals surface area contributed by atoms with Crippen molar-refractivity contribution in [3.05, 3.63) is 41.2 Å². The summed E-state index contributed by atoms with van der Waals surface area (Å²) in [7, 11) is 3.59. The number of hydrogen-bond donors (Lipinski definition) is 1. The molecule has 1 aromatic carbocycles. The van der Waals surface area contributed by atoms with E-state index in [1.807, 2.05) is 0 Å². The molecule has 0 saturated heterocycles. The van der Waals surface area contributed by atoms with Crippen LogP contribution in [-0.2, 0) is 6.54 Å². The van der Waals surface area contributed by atoms with Crippen LogP contribution in [0.15, 0.2) is 24.3 Å². The molecule has 0 bridgehead atoms. The Labute approximate surface area is 110 Å². The van der Waals surface area contributed by atoms with Crippen LogP contribution in [-0.4, -0.2) is 23.9 Å². The highest BCUT2D eigenvalue weighted by molar-refractivity contribution is 5.64. The maximum atomic E-state index is 12.8. The van der Waals surface area contributed by atoms with Gasteiger partial charge >= 0.3 is 0 Å². The minimum atomic E-state index is -0.288. The van der Waals surface area contributed by atoms with Crippen molar-refractivity contribution in [2.45, 2.75) is 6.54 Å². The molecule has 2 rings (SSSR count). The lowest BCUT2D eigenvalue weighted by Crippen LogP contribution is -2.11. The summed E-state index contributed by atoms with van der Waals surface area (Å²) in [5, 5.41) is 13.4. The molecule has 0 spiro atoms. The fraction of sp³-hybridized carbons (Fsp3) is 0.231. The Balaban J connectivity index is 2.36. The Morgan fingerprint density at radius 3 is 2.47 bits per heavy atom. The minimum Gasteiger partial charge on any atom is -0.383 e. The van der Waals surface area contributed by atoms with Crippen molar-refractivity contribution in [2.75, 3.05) is 24.7 Å². The van der Waals surface area contributed by atoms with Gasteiger partial charge in [0, 0.05) is 14.1 Å². The van der Waals surface area contributed by atoms with Crippen molar-refractivity contribution in [3.8, 4) is 6.07 Å². The molecule has 19 heavy (non-hydrogen) atoms. The predicted molar refractivity (Wildman–Crippen MR) is 71.2 cm³/mol. The molecule has 0 radical (unpaired) electrons. The van der Waals surface area contributed by atoms with Gasteiger partial charge in [0.05, 0.1) is 6.54 Å². The van der Waals surface area contributed by atoms with Crippen molar-refractivity contribution in [3.63, 3.8) is 0 Å². The minimum absolute atomic E-state index is 0.288. The molecule has 0 atom stereocenters. The first kappa shape index (κ1) is 12.9. The van der Waals surface area contributed by atoms with Gasteiger partial charge in [0.2, 0.25) is 0 Å². The van der Waals surface area contributed by atoms with Gasteiger partial charge in [-0.25, -0.2) is 9.07 Å². The zero-order chi connectivity index (χ0) is 14.0. The maximum Gasteiger partial charge on any atom is 0.170 e. The summed E-state index contributed by atoms with van der Waals surface area (Å²) in [6.07, 6.45) is 0. The van der Waals surface area contributed by atoms with Crippen molar-refractivity contribution < 1.29 is 4.39 Å². The second-order valence-electron chi connectivity index (χ2n) is 4.37. The van der Waals surface area contributed by atoms with E-state index >= 15 is 0 Å². The van der Waals surface area contributed by atoms with E-state index in [9.17, 15) is 4.39 Å². The van der Waals surface area contributed by atoms with Crippen LogP contribution in [0.2, 0.25) is 0 Å². The first-order chi connectivity index (χ1) is 9.02. The van der Waals surface area contributed by atoms with Crippen molar-refractivity contribution >= 4 is 11.6 Å². The van der Waals surface area contributed by atoms with Crippen LogP contribution < -0.4 is 10.6 Å². The number of nitrogens with zero attached hydrogens (tertiary/aromatic N) is 4. The normalized spacial score (nSPS) is 10.2. The van der Waals surface area contributed by atoms with Gasteiger partial charge in [-0.1, -0.05) is 12.1 Å². The highest BCUT2D eigenvalue weighted by atomic mass is 19.1. The number of halogens is 1. The Morgan fingerprint density at radius 2 is 2.00 bits per heavy atom. The zero-order valence-corrected chi connectivity index (χ0v) is 10.8. The van der Waals surface area contributed by atoms with E-state index in [1.54, 1.807) is 35.8 Å². The summed E-state index contributed by atoms with van der Waals surface area (Å²) in [6, 6.07) is 8.14. The fourth-order valence-corrected chi connectivity index (χ4v) is 1.77. The first-order valence-electron chi connectivity index (χ1n) is 5.71. The molecular weight excluding hydrogens is 245 g/mol. The van der Waals surface area contributed by atoms with E-state index in [0.29, 0.717) is 23.7 Å². The molecule has 5 nitrogen and oxygen atoms in total. The quantitative estimate of drug-likeness (QED) is 0.908. The SMILES string of the molecule is CN(C)c1nn(Cc2ccc(F)cc2)c(N)c1C#N. The number of anilines is 2. The van der Waals surface area contributed by atoms with Gasteiger partial charge in [-0.05, 0) is 17.7 Å². The summed E-state index contributed by atoms with van der Waals surface area (Å²) < 4.78 is 14.4. The van der Waals surface area contributed by atoms with Crippen LogP contribution in [0.3, 0.4) is 0 Å². The molecule has 1 aromatic heterocycles. The molecule has 2 aromatic rings. The summed E-state index contributed by atoms with van der Waals surface area (Å²) >= 11 is 0. The van der Waals surface area contributed by atoms with Crippen LogP contribution in [0.25, 0.3) is 0 Å². The number of hydrogen-bond acceptors (Lipinski definition) is 4. The van der Waals surface area contributed by atoms with Crippen LogP contribution in [0.1, 0.15) is 11.1 Å². The second-order valence-corrected chi connectivity index (χ2v) is 4.37. The third-order valence-corrected chi connectivity index (χ3v) is 2.75. The Bertz CT molecular complexity index is 622. The summed E-state index contributed by atoms with van der Waals surface area (Å²) in [4.78, 5) is 1.73. The predicted octanol–water partition coefficient (Wildman–Crippen LogP) is 1.59. The van der Waals surface area contributed by atoms with Crippen LogP contribution in [0, 0.1) is 17.1 Å². The largest absolute Gasteiger partial charge is 0.383 e. The Morgan fingerprint density at radius 1 is 1.37 bits per heavy atom. The van der Waals surface area contributed by atoms with Crippen LogP contribution in [0.4, 0.5) is 16.0 Å². The molecule has 0 aliphatic rings. The van der Waals surface area contributed by atoms with E-state index in [-0.39, 0.29) is 5.82 Å². The molecule has 0 saturated carbocycles. The Hall–Kier alpha value is -2.55.